The summed E-state index contributed by atoms with van der Waals surface area (Å²) in [6.45, 7) is 4.69. The van der Waals surface area contributed by atoms with Crippen LogP contribution in [0.5, 0.6) is 5.75 Å². The molecule has 2 rings (SSSR count). The van der Waals surface area contributed by atoms with Crippen LogP contribution in [0.15, 0.2) is 42.5 Å². The average Bonchev–Trinajstić information content (AvgIpc) is 2.79. The SMILES string of the molecule is CCCNC(=O)[C@@H](CC)N(Cc1cccc(OC)c1)C(=O)CSCc1c(F)cccc1Cl. The third-order valence-corrected chi connectivity index (χ3v) is 6.25. The number of halogens is 2. The van der Waals surface area contributed by atoms with E-state index in [0.29, 0.717) is 29.3 Å². The number of nitrogens with zero attached hydrogens (tertiary/aromatic N) is 1. The molecule has 0 fully saturated rings. The molecule has 0 radical (unpaired) electrons. The van der Waals surface area contributed by atoms with E-state index in [0.717, 1.165) is 12.0 Å². The number of hydrogen-bond acceptors (Lipinski definition) is 4. The van der Waals surface area contributed by atoms with E-state index >= 15 is 0 Å². The maximum absolute atomic E-state index is 14.0. The first-order chi connectivity index (χ1) is 15.4. The van der Waals surface area contributed by atoms with Crippen LogP contribution in [-0.2, 0) is 21.9 Å². The molecular weight excluding hydrogens is 451 g/mol. The number of hydrogen-bond donors (Lipinski definition) is 1. The number of carbonyl (C=O) groups excluding carboxylic acids is 2. The Hall–Kier alpha value is -2.25. The molecule has 0 aliphatic heterocycles. The fraction of sp³-hybridized carbons (Fsp3) is 0.417. The van der Waals surface area contributed by atoms with E-state index < -0.39 is 11.9 Å². The van der Waals surface area contributed by atoms with Gasteiger partial charge in [0.1, 0.15) is 17.6 Å². The Balaban J connectivity index is 2.17. The van der Waals surface area contributed by atoms with Gasteiger partial charge in [-0.3, -0.25) is 9.59 Å². The number of carbonyl (C=O) groups is 2. The van der Waals surface area contributed by atoms with Gasteiger partial charge in [0.15, 0.2) is 0 Å². The van der Waals surface area contributed by atoms with Crippen LogP contribution in [-0.4, -0.2) is 42.2 Å². The molecule has 0 aromatic heterocycles. The van der Waals surface area contributed by atoms with Crippen LogP contribution in [0.3, 0.4) is 0 Å². The Morgan fingerprint density at radius 3 is 2.62 bits per heavy atom. The standard InChI is InChI=1S/C24H30ClFN2O3S/c1-4-12-27-24(30)22(5-2)28(14-17-8-6-9-18(13-17)31-3)23(29)16-32-15-19-20(25)10-7-11-21(19)26/h6-11,13,22H,4-5,12,14-16H2,1-3H3,(H,27,30)/t22-/m1/s1. The molecular formula is C24H30ClFN2O3S. The molecule has 2 aromatic rings. The van der Waals surface area contributed by atoms with Crippen molar-refractivity contribution in [3.05, 3.63) is 64.4 Å². The normalized spacial score (nSPS) is 11.7. The van der Waals surface area contributed by atoms with Crippen molar-refractivity contribution in [1.82, 2.24) is 10.2 Å². The Morgan fingerprint density at radius 1 is 1.22 bits per heavy atom. The van der Waals surface area contributed by atoms with Gasteiger partial charge in [0.2, 0.25) is 11.8 Å². The molecule has 2 amide bonds. The Bertz CT molecular complexity index is 892. The van der Waals surface area contributed by atoms with Crippen molar-refractivity contribution in [2.24, 2.45) is 0 Å². The first kappa shape index (κ1) is 26.0. The van der Waals surface area contributed by atoms with Gasteiger partial charge in [-0.15, -0.1) is 11.8 Å². The fourth-order valence-corrected chi connectivity index (χ4v) is 4.50. The maximum Gasteiger partial charge on any atom is 0.242 e. The zero-order chi connectivity index (χ0) is 23.5. The van der Waals surface area contributed by atoms with Crippen LogP contribution >= 0.6 is 23.4 Å². The zero-order valence-corrected chi connectivity index (χ0v) is 20.3. The molecule has 5 nitrogen and oxygen atoms in total. The van der Waals surface area contributed by atoms with Gasteiger partial charge in [-0.25, -0.2) is 4.39 Å². The number of methoxy groups -OCH3 is 1. The van der Waals surface area contributed by atoms with E-state index in [4.69, 9.17) is 16.3 Å². The smallest absolute Gasteiger partial charge is 0.242 e. The lowest BCUT2D eigenvalue weighted by molar-refractivity contribution is -0.139. The monoisotopic (exact) mass is 480 g/mol. The summed E-state index contributed by atoms with van der Waals surface area (Å²) in [4.78, 5) is 27.6. The first-order valence-corrected chi connectivity index (χ1v) is 12.1. The second kappa shape index (κ2) is 13.3. The molecule has 0 bridgehead atoms. The number of benzene rings is 2. The molecule has 1 N–H and O–H groups in total. The number of thioether (sulfide) groups is 1. The summed E-state index contributed by atoms with van der Waals surface area (Å²) >= 11 is 7.37. The lowest BCUT2D eigenvalue weighted by atomic mass is 10.1. The largest absolute Gasteiger partial charge is 0.497 e. The molecule has 0 saturated carbocycles. The molecule has 0 aliphatic carbocycles. The molecule has 174 valence electrons. The summed E-state index contributed by atoms with van der Waals surface area (Å²) in [6.07, 6.45) is 1.29. The van der Waals surface area contributed by atoms with Gasteiger partial charge in [-0.1, -0.05) is 43.6 Å². The molecule has 0 unspecified atom stereocenters. The van der Waals surface area contributed by atoms with E-state index in [1.54, 1.807) is 24.1 Å². The summed E-state index contributed by atoms with van der Waals surface area (Å²) in [5.41, 5.74) is 1.24. The van der Waals surface area contributed by atoms with E-state index in [9.17, 15) is 14.0 Å². The molecule has 1 atom stereocenters. The van der Waals surface area contributed by atoms with E-state index in [2.05, 4.69) is 5.32 Å². The summed E-state index contributed by atoms with van der Waals surface area (Å²) in [5, 5.41) is 3.23. The third-order valence-electron chi connectivity index (χ3n) is 4.96. The van der Waals surface area contributed by atoms with Crippen molar-refractivity contribution in [3.8, 4) is 5.75 Å². The average molecular weight is 481 g/mol. The second-order valence-corrected chi connectivity index (χ2v) is 8.67. The predicted molar refractivity (Wildman–Crippen MR) is 128 cm³/mol. The Labute approximate surface area is 198 Å². The van der Waals surface area contributed by atoms with Gasteiger partial charge in [0.05, 0.1) is 12.9 Å². The molecule has 0 saturated heterocycles. The minimum Gasteiger partial charge on any atom is -0.497 e. The Kier molecular flexibility index (Phi) is 10.8. The highest BCUT2D eigenvalue weighted by atomic mass is 35.5. The van der Waals surface area contributed by atoms with Crippen molar-refractivity contribution in [2.75, 3.05) is 19.4 Å². The first-order valence-electron chi connectivity index (χ1n) is 10.6. The van der Waals surface area contributed by atoms with Crippen molar-refractivity contribution in [2.45, 2.75) is 45.0 Å². The summed E-state index contributed by atoms with van der Waals surface area (Å²) < 4.78 is 19.3. The fourth-order valence-electron chi connectivity index (χ4n) is 3.25. The molecule has 0 spiro atoms. The highest BCUT2D eigenvalue weighted by Crippen LogP contribution is 2.25. The van der Waals surface area contributed by atoms with Crippen molar-refractivity contribution in [1.29, 1.82) is 0 Å². The van der Waals surface area contributed by atoms with Crippen LogP contribution in [0.1, 0.15) is 37.8 Å². The van der Waals surface area contributed by atoms with Gasteiger partial charge in [-0.2, -0.15) is 0 Å². The lowest BCUT2D eigenvalue weighted by Crippen LogP contribution is -2.49. The van der Waals surface area contributed by atoms with Gasteiger partial charge < -0.3 is 15.0 Å². The molecule has 0 aliphatic rings. The van der Waals surface area contributed by atoms with Crippen molar-refractivity contribution < 1.29 is 18.7 Å². The zero-order valence-electron chi connectivity index (χ0n) is 18.7. The predicted octanol–water partition coefficient (Wildman–Crippen LogP) is 5.05. The van der Waals surface area contributed by atoms with Gasteiger partial charge in [0, 0.05) is 29.4 Å². The van der Waals surface area contributed by atoms with Crippen molar-refractivity contribution in [3.63, 3.8) is 0 Å². The molecule has 2 aromatic carbocycles. The van der Waals surface area contributed by atoms with E-state index in [-0.39, 0.29) is 29.9 Å². The topological polar surface area (TPSA) is 58.6 Å². The van der Waals surface area contributed by atoms with Gasteiger partial charge in [0.25, 0.3) is 0 Å². The third kappa shape index (κ3) is 7.41. The highest BCUT2D eigenvalue weighted by molar-refractivity contribution is 7.99. The molecule has 0 heterocycles. The summed E-state index contributed by atoms with van der Waals surface area (Å²) in [6, 6.07) is 11.4. The van der Waals surface area contributed by atoms with E-state index in [1.807, 2.05) is 38.1 Å². The Morgan fingerprint density at radius 2 is 1.97 bits per heavy atom. The number of rotatable bonds is 12. The lowest BCUT2D eigenvalue weighted by Gasteiger charge is -2.30. The minimum absolute atomic E-state index is 0.103. The highest BCUT2D eigenvalue weighted by Gasteiger charge is 2.28. The van der Waals surface area contributed by atoms with Crippen LogP contribution in [0.4, 0.5) is 4.39 Å². The molecule has 32 heavy (non-hydrogen) atoms. The minimum atomic E-state index is -0.599. The maximum atomic E-state index is 14.0. The number of ether oxygens (including phenoxy) is 1. The van der Waals surface area contributed by atoms with Crippen molar-refractivity contribution >= 4 is 35.2 Å². The second-order valence-electron chi connectivity index (χ2n) is 7.28. The molecule has 8 heteroatoms. The van der Waals surface area contributed by atoms with Gasteiger partial charge in [-0.05, 0) is 42.7 Å². The van der Waals surface area contributed by atoms with E-state index in [1.165, 1.54) is 17.8 Å². The summed E-state index contributed by atoms with van der Waals surface area (Å²) in [7, 11) is 1.58. The van der Waals surface area contributed by atoms with Crippen LogP contribution < -0.4 is 10.1 Å². The number of amides is 2. The quantitative estimate of drug-likeness (QED) is 0.461. The number of nitrogens with one attached hydrogen (secondary N) is 1. The van der Waals surface area contributed by atoms with Crippen LogP contribution in [0.25, 0.3) is 0 Å². The summed E-state index contributed by atoms with van der Waals surface area (Å²) in [5.74, 6) is 0.296. The van der Waals surface area contributed by atoms with Gasteiger partial charge >= 0.3 is 0 Å². The van der Waals surface area contributed by atoms with Crippen LogP contribution in [0, 0.1) is 5.82 Å². The van der Waals surface area contributed by atoms with Crippen LogP contribution in [0.2, 0.25) is 5.02 Å².